The summed E-state index contributed by atoms with van der Waals surface area (Å²) in [5.74, 6) is 0.919. The summed E-state index contributed by atoms with van der Waals surface area (Å²) >= 11 is 0. The largest absolute Gasteiger partial charge is 0.390 e. The van der Waals surface area contributed by atoms with Crippen LogP contribution in [0.3, 0.4) is 0 Å². The van der Waals surface area contributed by atoms with Gasteiger partial charge in [0.15, 0.2) is 0 Å². The van der Waals surface area contributed by atoms with Gasteiger partial charge in [-0.1, -0.05) is 0 Å². The molecule has 0 aromatic carbocycles. The lowest BCUT2D eigenvalue weighted by Gasteiger charge is -2.52. The number of hydrogen-bond acceptors (Lipinski definition) is 3. The first-order chi connectivity index (χ1) is 11.9. The Morgan fingerprint density at radius 2 is 2.08 bits per heavy atom. The molecule has 0 unspecified atom stereocenters. The van der Waals surface area contributed by atoms with E-state index >= 15 is 0 Å². The summed E-state index contributed by atoms with van der Waals surface area (Å²) in [6.07, 6.45) is 8.64. The van der Waals surface area contributed by atoms with Gasteiger partial charge in [0.05, 0.1) is 11.3 Å². The lowest BCUT2D eigenvalue weighted by Crippen LogP contribution is -2.61. The average Bonchev–Trinajstić information content (AvgIpc) is 3.14. The molecule has 25 heavy (non-hydrogen) atoms. The molecule has 0 bridgehead atoms. The average molecular weight is 343 g/mol. The molecule has 2 aliphatic carbocycles. The van der Waals surface area contributed by atoms with E-state index in [1.165, 1.54) is 49.9 Å². The molecule has 4 aliphatic rings. The van der Waals surface area contributed by atoms with Crippen LogP contribution in [-0.4, -0.2) is 44.4 Å². The fourth-order valence-corrected chi connectivity index (χ4v) is 5.74. The van der Waals surface area contributed by atoms with Crippen molar-refractivity contribution in [1.82, 2.24) is 14.7 Å². The third-order valence-electron chi connectivity index (χ3n) is 7.14. The van der Waals surface area contributed by atoms with Crippen molar-refractivity contribution in [3.8, 4) is 0 Å². The Labute approximate surface area is 149 Å². The Morgan fingerprint density at radius 1 is 1.28 bits per heavy atom. The molecule has 5 nitrogen and oxygen atoms in total. The van der Waals surface area contributed by atoms with E-state index in [9.17, 15) is 9.90 Å². The Kier molecular flexibility index (Phi) is 3.38. The molecule has 136 valence electrons. The summed E-state index contributed by atoms with van der Waals surface area (Å²) in [4.78, 5) is 14.6. The van der Waals surface area contributed by atoms with Crippen molar-refractivity contribution in [3.63, 3.8) is 0 Å². The van der Waals surface area contributed by atoms with E-state index in [2.05, 4.69) is 10.7 Å². The number of amides is 1. The molecular formula is C20H29N3O2. The number of aromatic nitrogens is 2. The molecule has 3 fully saturated rings. The van der Waals surface area contributed by atoms with Crippen LogP contribution in [0.1, 0.15) is 69.2 Å². The first-order valence-corrected chi connectivity index (χ1v) is 10.0. The van der Waals surface area contributed by atoms with Crippen LogP contribution in [0, 0.1) is 11.3 Å². The number of aliphatic hydroxyl groups is 1. The zero-order valence-electron chi connectivity index (χ0n) is 15.2. The summed E-state index contributed by atoms with van der Waals surface area (Å²) < 4.78 is 2.23. The smallest absolute Gasteiger partial charge is 0.225 e. The SMILES string of the molecule is CC1(O)CC(C(=O)N2CC3(CC[C@@H](c4cc5n(n4)CCCC5)C3)C2)C1. The van der Waals surface area contributed by atoms with Crippen molar-refractivity contribution in [1.29, 1.82) is 0 Å². The van der Waals surface area contributed by atoms with Gasteiger partial charge in [-0.15, -0.1) is 0 Å². The molecule has 2 saturated carbocycles. The van der Waals surface area contributed by atoms with Gasteiger partial charge in [-0.05, 0) is 64.4 Å². The molecule has 1 saturated heterocycles. The first kappa shape index (κ1) is 15.9. The first-order valence-electron chi connectivity index (χ1n) is 10.0. The maximum Gasteiger partial charge on any atom is 0.225 e. The molecule has 1 spiro atoms. The second-order valence-electron chi connectivity index (χ2n) is 9.48. The van der Waals surface area contributed by atoms with E-state index in [1.54, 1.807) is 0 Å². The predicted molar refractivity (Wildman–Crippen MR) is 94.1 cm³/mol. The third-order valence-corrected chi connectivity index (χ3v) is 7.14. The number of nitrogens with zero attached hydrogens (tertiary/aromatic N) is 3. The molecule has 0 radical (unpaired) electrons. The third kappa shape index (κ3) is 2.62. The molecule has 1 aromatic rings. The summed E-state index contributed by atoms with van der Waals surface area (Å²) in [6.45, 7) is 4.77. The number of rotatable bonds is 2. The molecule has 2 aliphatic heterocycles. The van der Waals surface area contributed by atoms with Crippen LogP contribution >= 0.6 is 0 Å². The summed E-state index contributed by atoms with van der Waals surface area (Å²) in [7, 11) is 0. The van der Waals surface area contributed by atoms with Crippen molar-refractivity contribution < 1.29 is 9.90 Å². The van der Waals surface area contributed by atoms with Gasteiger partial charge in [0.25, 0.3) is 0 Å². The van der Waals surface area contributed by atoms with Gasteiger partial charge < -0.3 is 10.0 Å². The second-order valence-corrected chi connectivity index (χ2v) is 9.48. The maximum absolute atomic E-state index is 12.5. The normalized spacial score (nSPS) is 36.0. The Bertz CT molecular complexity index is 670. The van der Waals surface area contributed by atoms with Gasteiger partial charge in [0, 0.05) is 42.6 Å². The van der Waals surface area contributed by atoms with Gasteiger partial charge in [-0.3, -0.25) is 9.48 Å². The lowest BCUT2D eigenvalue weighted by atomic mass is 9.69. The number of carbonyl (C=O) groups excluding carboxylic acids is 1. The maximum atomic E-state index is 12.5. The van der Waals surface area contributed by atoms with Gasteiger partial charge in [0.2, 0.25) is 5.91 Å². The summed E-state index contributed by atoms with van der Waals surface area (Å²) in [5.41, 5.74) is 2.45. The zero-order chi connectivity index (χ0) is 17.2. The van der Waals surface area contributed by atoms with Crippen molar-refractivity contribution in [3.05, 3.63) is 17.5 Å². The molecule has 1 aromatic heterocycles. The highest BCUT2D eigenvalue weighted by Gasteiger charge is 2.53. The highest BCUT2D eigenvalue weighted by atomic mass is 16.3. The van der Waals surface area contributed by atoms with E-state index < -0.39 is 5.60 Å². The number of hydrogen-bond donors (Lipinski definition) is 1. The van der Waals surface area contributed by atoms with Gasteiger partial charge in [-0.2, -0.15) is 5.10 Å². The fraction of sp³-hybridized carbons (Fsp3) is 0.800. The van der Waals surface area contributed by atoms with Gasteiger partial charge >= 0.3 is 0 Å². The van der Waals surface area contributed by atoms with Crippen LogP contribution in [-0.2, 0) is 17.8 Å². The van der Waals surface area contributed by atoms with E-state index in [1.807, 2.05) is 11.8 Å². The molecule has 1 N–H and O–H groups in total. The van der Waals surface area contributed by atoms with E-state index in [0.717, 1.165) is 19.6 Å². The highest BCUT2D eigenvalue weighted by molar-refractivity contribution is 5.81. The Morgan fingerprint density at radius 3 is 2.80 bits per heavy atom. The minimum absolute atomic E-state index is 0.0596. The van der Waals surface area contributed by atoms with E-state index in [-0.39, 0.29) is 11.8 Å². The van der Waals surface area contributed by atoms with E-state index in [0.29, 0.717) is 24.2 Å². The van der Waals surface area contributed by atoms with Crippen LogP contribution in [0.25, 0.3) is 0 Å². The summed E-state index contributed by atoms with van der Waals surface area (Å²) in [5, 5.41) is 14.7. The minimum Gasteiger partial charge on any atom is -0.390 e. The molecule has 5 heteroatoms. The van der Waals surface area contributed by atoms with Crippen LogP contribution in [0.2, 0.25) is 0 Å². The van der Waals surface area contributed by atoms with Crippen molar-refractivity contribution in [2.75, 3.05) is 13.1 Å². The topological polar surface area (TPSA) is 58.4 Å². The summed E-state index contributed by atoms with van der Waals surface area (Å²) in [6, 6.07) is 2.35. The second kappa shape index (κ2) is 5.32. The predicted octanol–water partition coefficient (Wildman–Crippen LogP) is 2.48. The number of aryl methyl sites for hydroxylation is 2. The molecule has 1 atom stereocenters. The molecule has 5 rings (SSSR count). The van der Waals surface area contributed by atoms with Crippen LogP contribution < -0.4 is 0 Å². The van der Waals surface area contributed by atoms with Crippen LogP contribution in [0.4, 0.5) is 0 Å². The van der Waals surface area contributed by atoms with Crippen molar-refractivity contribution in [2.45, 2.75) is 76.4 Å². The minimum atomic E-state index is -0.610. The zero-order valence-corrected chi connectivity index (χ0v) is 15.2. The standard InChI is InChI=1S/C20H29N3O2/c1-19(25)9-15(10-19)18(24)22-12-20(13-22)6-5-14(11-20)17-8-16-4-2-3-7-23(16)21-17/h8,14-15,25H,2-7,9-13H2,1H3/t14-,15?,19?/m1/s1. The van der Waals surface area contributed by atoms with Crippen LogP contribution in [0.15, 0.2) is 6.07 Å². The quantitative estimate of drug-likeness (QED) is 0.897. The molecular weight excluding hydrogens is 314 g/mol. The number of carbonyl (C=O) groups is 1. The fourth-order valence-electron chi connectivity index (χ4n) is 5.74. The highest BCUT2D eigenvalue weighted by Crippen LogP contribution is 2.52. The number of likely N-dealkylation sites (tertiary alicyclic amines) is 1. The lowest BCUT2D eigenvalue weighted by molar-refractivity contribution is -0.161. The molecule has 1 amide bonds. The van der Waals surface area contributed by atoms with Crippen molar-refractivity contribution in [2.24, 2.45) is 11.3 Å². The number of fused-ring (bicyclic) bond motifs is 1. The van der Waals surface area contributed by atoms with Crippen LogP contribution in [0.5, 0.6) is 0 Å². The van der Waals surface area contributed by atoms with Gasteiger partial charge in [-0.25, -0.2) is 0 Å². The Balaban J connectivity index is 1.19. The molecule has 3 heterocycles. The van der Waals surface area contributed by atoms with Crippen molar-refractivity contribution >= 4 is 5.91 Å². The van der Waals surface area contributed by atoms with E-state index in [4.69, 9.17) is 5.10 Å². The van der Waals surface area contributed by atoms with Gasteiger partial charge in [0.1, 0.15) is 0 Å². The Hall–Kier alpha value is -1.36. The monoisotopic (exact) mass is 343 g/mol.